The van der Waals surface area contributed by atoms with Gasteiger partial charge in [0, 0.05) is 61.6 Å². The second-order valence-electron chi connectivity index (χ2n) is 11.4. The molecule has 3 heterocycles. The van der Waals surface area contributed by atoms with Crippen molar-refractivity contribution in [3.05, 3.63) is 88.1 Å². The SMILES string of the molecule is Cn1ccnc1-c1cccc(CS(=O)(=O)N2CCN(c3cnn(-c4cccc(Cl)c4)c(=O)c3OCC3(C)CC3)CC2)c1. The molecule has 2 aromatic heterocycles. The van der Waals surface area contributed by atoms with Crippen LogP contribution in [0.15, 0.2) is 71.9 Å². The van der Waals surface area contributed by atoms with E-state index in [1.165, 1.54) is 8.99 Å². The quantitative estimate of drug-likeness (QED) is 0.282. The molecule has 1 aliphatic heterocycles. The van der Waals surface area contributed by atoms with Crippen molar-refractivity contribution in [1.29, 1.82) is 0 Å². The number of anilines is 1. The van der Waals surface area contributed by atoms with Crippen LogP contribution in [0.2, 0.25) is 5.02 Å². The molecule has 12 heteroatoms. The van der Waals surface area contributed by atoms with Crippen LogP contribution >= 0.6 is 11.6 Å². The monoisotopic (exact) mass is 608 g/mol. The summed E-state index contributed by atoms with van der Waals surface area (Å²) in [6.45, 7) is 3.95. The number of hydrogen-bond donors (Lipinski definition) is 0. The van der Waals surface area contributed by atoms with Crippen LogP contribution in [0.25, 0.3) is 17.1 Å². The fraction of sp³-hybridized carbons (Fsp3) is 0.367. The molecule has 0 unspecified atom stereocenters. The topological polar surface area (TPSA) is 103 Å². The van der Waals surface area contributed by atoms with Gasteiger partial charge in [-0.15, -0.1) is 0 Å². The first-order valence-corrected chi connectivity index (χ1v) is 15.9. The zero-order valence-electron chi connectivity index (χ0n) is 23.6. The van der Waals surface area contributed by atoms with Gasteiger partial charge in [-0.3, -0.25) is 4.79 Å². The summed E-state index contributed by atoms with van der Waals surface area (Å²) in [5.41, 5.74) is 2.38. The van der Waals surface area contributed by atoms with Crippen molar-refractivity contribution in [3.8, 4) is 22.8 Å². The molecular weight excluding hydrogens is 576 g/mol. The molecule has 220 valence electrons. The van der Waals surface area contributed by atoms with E-state index in [9.17, 15) is 13.2 Å². The third kappa shape index (κ3) is 5.95. The van der Waals surface area contributed by atoms with Gasteiger partial charge < -0.3 is 14.2 Å². The number of aromatic nitrogens is 4. The van der Waals surface area contributed by atoms with E-state index in [0.717, 1.165) is 24.2 Å². The fourth-order valence-corrected chi connectivity index (χ4v) is 6.83. The number of ether oxygens (including phenoxy) is 1. The lowest BCUT2D eigenvalue weighted by Crippen LogP contribution is -2.49. The molecule has 1 saturated carbocycles. The van der Waals surface area contributed by atoms with E-state index < -0.39 is 10.0 Å². The minimum absolute atomic E-state index is 0.0637. The maximum Gasteiger partial charge on any atom is 0.316 e. The zero-order valence-corrected chi connectivity index (χ0v) is 25.2. The number of nitrogens with zero attached hydrogens (tertiary/aromatic N) is 6. The van der Waals surface area contributed by atoms with Crippen LogP contribution in [0.5, 0.6) is 5.75 Å². The highest BCUT2D eigenvalue weighted by Crippen LogP contribution is 2.45. The minimum atomic E-state index is -3.57. The second kappa shape index (κ2) is 11.2. The molecule has 1 aliphatic carbocycles. The Morgan fingerprint density at radius 3 is 2.50 bits per heavy atom. The summed E-state index contributed by atoms with van der Waals surface area (Å²) >= 11 is 6.17. The van der Waals surface area contributed by atoms with E-state index in [0.29, 0.717) is 41.7 Å². The number of aryl methyl sites for hydroxylation is 1. The van der Waals surface area contributed by atoms with Crippen molar-refractivity contribution in [2.24, 2.45) is 12.5 Å². The predicted molar refractivity (Wildman–Crippen MR) is 163 cm³/mol. The van der Waals surface area contributed by atoms with Crippen molar-refractivity contribution in [3.63, 3.8) is 0 Å². The lowest BCUT2D eigenvalue weighted by Gasteiger charge is -2.35. The molecule has 6 rings (SSSR count). The molecule has 0 N–H and O–H groups in total. The Kier molecular flexibility index (Phi) is 7.59. The van der Waals surface area contributed by atoms with Crippen LogP contribution in [0, 0.1) is 5.41 Å². The van der Waals surface area contributed by atoms with Gasteiger partial charge in [-0.2, -0.15) is 14.1 Å². The highest BCUT2D eigenvalue weighted by Gasteiger charge is 2.39. The van der Waals surface area contributed by atoms with Crippen LogP contribution < -0.4 is 15.2 Å². The molecule has 2 aliphatic rings. The third-order valence-corrected chi connectivity index (χ3v) is 10.0. The highest BCUT2D eigenvalue weighted by molar-refractivity contribution is 7.88. The molecule has 0 spiro atoms. The molecule has 0 amide bonds. The zero-order chi connectivity index (χ0) is 29.5. The van der Waals surface area contributed by atoms with Crippen LogP contribution in [0.1, 0.15) is 25.3 Å². The number of hydrogen-bond acceptors (Lipinski definition) is 7. The molecule has 0 atom stereocenters. The number of piperazine rings is 1. The molecular formula is C30H33ClN6O4S. The molecule has 0 bridgehead atoms. The summed E-state index contributed by atoms with van der Waals surface area (Å²) in [6.07, 6.45) is 7.31. The van der Waals surface area contributed by atoms with Gasteiger partial charge in [0.15, 0.2) is 0 Å². The lowest BCUT2D eigenvalue weighted by atomic mass is 10.1. The maximum atomic E-state index is 13.6. The van der Waals surface area contributed by atoms with Gasteiger partial charge in [0.05, 0.1) is 24.2 Å². The van der Waals surface area contributed by atoms with Crippen LogP contribution in [-0.4, -0.2) is 64.8 Å². The Morgan fingerprint density at radius 1 is 1.05 bits per heavy atom. The Labute approximate surface area is 250 Å². The van der Waals surface area contributed by atoms with Gasteiger partial charge in [-0.1, -0.05) is 42.8 Å². The summed E-state index contributed by atoms with van der Waals surface area (Å²) in [5.74, 6) is 0.901. The number of imidazole rings is 1. The third-order valence-electron chi connectivity index (χ3n) is 7.96. The second-order valence-corrected chi connectivity index (χ2v) is 13.8. The molecule has 1 saturated heterocycles. The van der Waals surface area contributed by atoms with Crippen LogP contribution in [-0.2, 0) is 22.8 Å². The van der Waals surface area contributed by atoms with Gasteiger partial charge >= 0.3 is 5.56 Å². The Morgan fingerprint density at radius 2 is 1.81 bits per heavy atom. The maximum absolute atomic E-state index is 13.6. The van der Waals surface area contributed by atoms with Crippen molar-refractivity contribution < 1.29 is 13.2 Å². The van der Waals surface area contributed by atoms with Crippen molar-refractivity contribution >= 4 is 27.3 Å². The van der Waals surface area contributed by atoms with E-state index >= 15 is 0 Å². The smallest absolute Gasteiger partial charge is 0.316 e. The summed E-state index contributed by atoms with van der Waals surface area (Å²) < 4.78 is 37.7. The molecule has 4 aromatic rings. The van der Waals surface area contributed by atoms with Gasteiger partial charge in [0.2, 0.25) is 15.8 Å². The van der Waals surface area contributed by atoms with Crippen molar-refractivity contribution in [1.82, 2.24) is 23.6 Å². The average Bonchev–Trinajstić information content (AvgIpc) is 3.55. The first-order chi connectivity index (χ1) is 20.1. The summed E-state index contributed by atoms with van der Waals surface area (Å²) in [5, 5.41) is 4.93. The van der Waals surface area contributed by atoms with E-state index in [2.05, 4.69) is 17.0 Å². The Bertz CT molecular complexity index is 1770. The molecule has 10 nitrogen and oxygen atoms in total. The number of halogens is 1. The predicted octanol–water partition coefficient (Wildman–Crippen LogP) is 4.12. The number of sulfonamides is 1. The first-order valence-electron chi connectivity index (χ1n) is 13.9. The molecule has 0 radical (unpaired) electrons. The van der Waals surface area contributed by atoms with E-state index in [1.54, 1.807) is 36.7 Å². The van der Waals surface area contributed by atoms with Crippen molar-refractivity contribution in [2.45, 2.75) is 25.5 Å². The van der Waals surface area contributed by atoms with Gasteiger partial charge in [-0.05, 0) is 42.7 Å². The standard InChI is InChI=1S/C30H33ClN6O4S/c1-30(9-10-30)21-41-27-26(19-33-37(29(27)38)25-8-4-7-24(31)18-25)35-13-15-36(16-14-35)42(39,40)20-22-5-3-6-23(17-22)28-32-11-12-34(28)2/h3-8,11-12,17-19H,9-10,13-16,20-21H2,1-2H3. The van der Waals surface area contributed by atoms with Gasteiger partial charge in [-0.25, -0.2) is 13.4 Å². The van der Waals surface area contributed by atoms with E-state index in [-0.39, 0.29) is 35.6 Å². The van der Waals surface area contributed by atoms with Gasteiger partial charge in [0.25, 0.3) is 0 Å². The summed E-state index contributed by atoms with van der Waals surface area (Å²) in [7, 11) is -1.66. The molecule has 2 fully saturated rings. The van der Waals surface area contributed by atoms with Gasteiger partial charge in [0.1, 0.15) is 11.5 Å². The Hall–Kier alpha value is -3.67. The number of benzene rings is 2. The number of rotatable bonds is 9. The molecule has 2 aromatic carbocycles. The lowest BCUT2D eigenvalue weighted by molar-refractivity contribution is 0.242. The normalized spacial score (nSPS) is 16.9. The summed E-state index contributed by atoms with van der Waals surface area (Å²) in [6, 6.07) is 14.4. The minimum Gasteiger partial charge on any atom is -0.486 e. The first kappa shape index (κ1) is 28.4. The van der Waals surface area contributed by atoms with E-state index in [1.807, 2.05) is 47.0 Å². The fourth-order valence-electron chi connectivity index (χ4n) is 5.14. The van der Waals surface area contributed by atoms with Crippen LogP contribution in [0.3, 0.4) is 0 Å². The largest absolute Gasteiger partial charge is 0.486 e. The van der Waals surface area contributed by atoms with E-state index in [4.69, 9.17) is 16.3 Å². The molecule has 42 heavy (non-hydrogen) atoms. The van der Waals surface area contributed by atoms with Crippen molar-refractivity contribution in [2.75, 3.05) is 37.7 Å². The highest BCUT2D eigenvalue weighted by atomic mass is 35.5. The van der Waals surface area contributed by atoms with Crippen LogP contribution in [0.4, 0.5) is 5.69 Å². The Balaban J connectivity index is 1.20. The summed E-state index contributed by atoms with van der Waals surface area (Å²) in [4.78, 5) is 20.0. The average molecular weight is 609 g/mol.